The third-order valence-corrected chi connectivity index (χ3v) is 18.4. The number of hydrogen-bond acceptors (Lipinski definition) is 23. The van der Waals surface area contributed by atoms with Crippen molar-refractivity contribution in [3.63, 3.8) is 0 Å². The van der Waals surface area contributed by atoms with E-state index in [2.05, 4.69) is 76.3 Å². The maximum atomic E-state index is 9.02. The summed E-state index contributed by atoms with van der Waals surface area (Å²) in [6.45, 7) is 29.4. The lowest BCUT2D eigenvalue weighted by Crippen LogP contribution is -2.41. The Morgan fingerprint density at radius 1 is 0.337 bits per heavy atom. The first-order valence-electron chi connectivity index (χ1n) is 35.0. The summed E-state index contributed by atoms with van der Waals surface area (Å²) in [5.74, 6) is 4.50. The molecule has 0 radical (unpaired) electrons. The van der Waals surface area contributed by atoms with Crippen molar-refractivity contribution in [1.29, 1.82) is 0 Å². The maximum Gasteiger partial charge on any atom is 0.144 e. The second-order valence-electron chi connectivity index (χ2n) is 25.5. The minimum absolute atomic E-state index is 0.107. The highest BCUT2D eigenvalue weighted by Gasteiger charge is 2.24. The van der Waals surface area contributed by atoms with E-state index in [-0.39, 0.29) is 19.8 Å². The molecule has 23 heteroatoms. The quantitative estimate of drug-likeness (QED) is 0.0300. The molecule has 526 valence electrons. The van der Waals surface area contributed by atoms with E-state index in [1.807, 2.05) is 84.7 Å². The van der Waals surface area contributed by atoms with Gasteiger partial charge >= 0.3 is 0 Å². The van der Waals surface area contributed by atoms with E-state index in [9.17, 15) is 0 Å². The molecule has 7 heterocycles. The molecule has 7 aliphatic rings. The number of hydrogen-bond donors (Lipinski definition) is 8. The van der Waals surface area contributed by atoms with E-state index in [0.29, 0.717) is 32.0 Å². The normalized spacial score (nSPS) is 16.5. The van der Waals surface area contributed by atoms with Gasteiger partial charge in [-0.1, -0.05) is 13.3 Å². The van der Waals surface area contributed by atoms with Crippen LogP contribution in [-0.4, -0.2) is 257 Å². The van der Waals surface area contributed by atoms with Gasteiger partial charge in [0.15, 0.2) is 0 Å². The van der Waals surface area contributed by atoms with Gasteiger partial charge in [0.1, 0.15) is 61.8 Å². The van der Waals surface area contributed by atoms with Crippen LogP contribution in [0.2, 0.25) is 0 Å². The van der Waals surface area contributed by atoms with Gasteiger partial charge in [0.2, 0.25) is 0 Å². The Labute approximate surface area is 566 Å². The monoisotopic (exact) mass is 1320 g/mol. The van der Waals surface area contributed by atoms with Crippen LogP contribution in [0.1, 0.15) is 58.3 Å². The van der Waals surface area contributed by atoms with Gasteiger partial charge in [-0.25, -0.2) is 0 Å². The Morgan fingerprint density at radius 2 is 0.642 bits per heavy atom. The molecule has 13 N–H and O–H groups in total. The number of rotatable bonds is 25. The standard InChI is InChI=1S/C16H25N3O.C15H23N3O.C14H23N3O3.C14H23N3O2.C13H21N3O/c17-14-5-6-15-16(13-14)20-12-11-19(15)10-4-9-18-7-2-1-3-8-18;16-13-4-5-14-15(12-13)19-11-10-18(14)9-3-8-17-6-1-2-7-17;15-12-1-2-13-14(11-12)20-10-7-17(13)4-3-16(5-8-18)6-9-19;1-16(7-9-18)5-2-6-17-8-10-19-14-11-12(15)3-4-13(14)17;1-3-15(2)6-7-16-8-9-17-13-10-11(14)4-5-12(13)16/h5-6,13H,1-4,7-12,17H2;4-5,12H,1-3,6-11,16H2;1-2,11,18-19H,3-10,15H2;3-4,11,18H,2,5-10,15H2,1H3;4-5,10H,3,6-9,14H2,1-2H3. The van der Waals surface area contributed by atoms with Crippen LogP contribution in [0.3, 0.4) is 0 Å². The number of aliphatic hydroxyl groups excluding tert-OH is 3. The highest BCUT2D eigenvalue weighted by molar-refractivity contribution is 5.68. The number of ether oxygens (including phenoxy) is 5. The summed E-state index contributed by atoms with van der Waals surface area (Å²) in [7, 11) is 4.18. The van der Waals surface area contributed by atoms with Crippen LogP contribution in [0.4, 0.5) is 56.9 Å². The SMILES string of the molecule is CCN(C)CCN1CCOc2cc(N)ccc21.CN(CCO)CCCN1CCOc2cc(N)ccc21.Nc1ccc2c(c1)OCCN2CCCN1CCCC1.Nc1ccc2c(c1)OCCN2CCCN1CCCCC1.Nc1ccc2c(c1)OCCN2CCN(CCO)CCO. The highest BCUT2D eigenvalue weighted by Crippen LogP contribution is 2.37. The van der Waals surface area contributed by atoms with Crippen molar-refractivity contribution in [3.05, 3.63) is 91.0 Å². The van der Waals surface area contributed by atoms with Crippen LogP contribution in [0.5, 0.6) is 28.7 Å². The lowest BCUT2D eigenvalue weighted by molar-refractivity contribution is 0.162. The highest BCUT2D eigenvalue weighted by atomic mass is 16.5. The summed E-state index contributed by atoms with van der Waals surface area (Å²) in [5, 5.41) is 26.9. The fourth-order valence-corrected chi connectivity index (χ4v) is 12.9. The zero-order valence-electron chi connectivity index (χ0n) is 57.5. The molecule has 0 aromatic heterocycles. The largest absolute Gasteiger partial charge is 0.489 e. The van der Waals surface area contributed by atoms with Crippen molar-refractivity contribution in [2.75, 3.05) is 271 Å². The molecule has 12 rings (SSSR count). The molecule has 0 amide bonds. The summed E-state index contributed by atoms with van der Waals surface area (Å²) < 4.78 is 28.3. The van der Waals surface area contributed by atoms with Gasteiger partial charge in [-0.05, 0) is 172 Å². The van der Waals surface area contributed by atoms with E-state index in [0.717, 1.165) is 193 Å². The van der Waals surface area contributed by atoms with Crippen LogP contribution >= 0.6 is 0 Å². The van der Waals surface area contributed by atoms with Crippen molar-refractivity contribution in [2.24, 2.45) is 0 Å². The van der Waals surface area contributed by atoms with Gasteiger partial charge in [0.25, 0.3) is 0 Å². The molecule has 0 saturated carbocycles. The first kappa shape index (κ1) is 73.6. The maximum absolute atomic E-state index is 9.02. The fourth-order valence-electron chi connectivity index (χ4n) is 12.9. The summed E-state index contributed by atoms with van der Waals surface area (Å²) in [4.78, 5) is 23.5. The average molecular weight is 1320 g/mol. The van der Waals surface area contributed by atoms with E-state index >= 15 is 0 Å². The first-order valence-corrected chi connectivity index (χ1v) is 35.0. The van der Waals surface area contributed by atoms with Crippen molar-refractivity contribution < 1.29 is 39.0 Å². The Bertz CT molecular complexity index is 3010. The van der Waals surface area contributed by atoms with Gasteiger partial charge in [0, 0.05) is 124 Å². The molecule has 0 aliphatic carbocycles. The third-order valence-electron chi connectivity index (χ3n) is 18.4. The Hall–Kier alpha value is -7.22. The van der Waals surface area contributed by atoms with Crippen LogP contribution < -0.4 is 76.9 Å². The molecule has 5 aromatic carbocycles. The lowest BCUT2D eigenvalue weighted by atomic mass is 10.1. The van der Waals surface area contributed by atoms with Crippen molar-refractivity contribution in [1.82, 2.24) is 24.5 Å². The molecule has 2 saturated heterocycles. The summed E-state index contributed by atoms with van der Waals surface area (Å²) in [6, 6.07) is 29.4. The molecule has 0 atom stereocenters. The molecule has 95 heavy (non-hydrogen) atoms. The van der Waals surface area contributed by atoms with Gasteiger partial charge < -0.3 is 112 Å². The number of aliphatic hydroxyl groups is 3. The van der Waals surface area contributed by atoms with Crippen molar-refractivity contribution in [2.45, 2.75) is 58.3 Å². The molecular formula is C72H115N15O8. The van der Waals surface area contributed by atoms with E-state index in [4.69, 9.17) is 67.7 Å². The third kappa shape index (κ3) is 23.8. The number of nitrogen functional groups attached to an aromatic ring is 5. The van der Waals surface area contributed by atoms with Crippen LogP contribution in [0, 0.1) is 0 Å². The summed E-state index contributed by atoms with van der Waals surface area (Å²) in [6.07, 6.45) is 10.4. The predicted molar refractivity (Wildman–Crippen MR) is 391 cm³/mol. The number of nitrogens with two attached hydrogens (primary N) is 5. The van der Waals surface area contributed by atoms with E-state index < -0.39 is 0 Å². The number of fused-ring (bicyclic) bond motifs is 5. The molecule has 0 spiro atoms. The molecule has 23 nitrogen and oxygen atoms in total. The molecule has 7 aliphatic heterocycles. The van der Waals surface area contributed by atoms with E-state index in [1.165, 1.54) is 95.6 Å². The van der Waals surface area contributed by atoms with Crippen molar-refractivity contribution >= 4 is 56.9 Å². The Balaban J connectivity index is 0.000000152. The minimum Gasteiger partial charge on any atom is -0.489 e. The second kappa shape index (κ2) is 39.7. The Morgan fingerprint density at radius 3 is 0.968 bits per heavy atom. The number of likely N-dealkylation sites (N-methyl/N-ethyl adjacent to an activating group) is 2. The molecular weight excluding hydrogens is 1200 g/mol. The topological polar surface area (TPSA) is 269 Å². The number of piperidine rings is 1. The van der Waals surface area contributed by atoms with Crippen LogP contribution in [0.25, 0.3) is 0 Å². The van der Waals surface area contributed by atoms with Gasteiger partial charge in [-0.2, -0.15) is 0 Å². The zero-order valence-corrected chi connectivity index (χ0v) is 57.5. The van der Waals surface area contributed by atoms with E-state index in [1.54, 1.807) is 0 Å². The Kier molecular flexibility index (Phi) is 30.8. The zero-order chi connectivity index (χ0) is 67.2. The smallest absolute Gasteiger partial charge is 0.144 e. The minimum atomic E-state index is 0.107. The fraction of sp³-hybridized carbons (Fsp3) is 0.583. The summed E-state index contributed by atoms with van der Waals surface area (Å²) in [5.41, 5.74) is 38.4. The molecule has 5 aromatic rings. The van der Waals surface area contributed by atoms with Crippen LogP contribution in [-0.2, 0) is 0 Å². The lowest BCUT2D eigenvalue weighted by Gasteiger charge is -2.33. The molecule has 2 fully saturated rings. The predicted octanol–water partition coefficient (Wildman–Crippen LogP) is 6.25. The first-order chi connectivity index (χ1) is 46.3. The average Bonchev–Trinajstić information content (AvgIpc) is 1.71. The second-order valence-corrected chi connectivity index (χ2v) is 25.5. The molecule has 0 bridgehead atoms. The number of likely N-dealkylation sites (tertiary alicyclic amines) is 2. The number of benzene rings is 5. The molecule has 0 unspecified atom stereocenters. The van der Waals surface area contributed by atoms with Gasteiger partial charge in [0.05, 0.1) is 81.0 Å². The number of anilines is 10. The van der Waals surface area contributed by atoms with Gasteiger partial charge in [-0.15, -0.1) is 0 Å². The van der Waals surface area contributed by atoms with Gasteiger partial charge in [-0.3, -0.25) is 4.90 Å². The van der Waals surface area contributed by atoms with Crippen molar-refractivity contribution in [3.8, 4) is 28.7 Å². The summed E-state index contributed by atoms with van der Waals surface area (Å²) >= 11 is 0. The van der Waals surface area contributed by atoms with Crippen LogP contribution in [0.15, 0.2) is 91.0 Å². The number of nitrogens with zero attached hydrogens (tertiary/aromatic N) is 10.